The third-order valence-electron chi connectivity index (χ3n) is 4.23. The lowest BCUT2D eigenvalue weighted by Gasteiger charge is -2.39. The van der Waals surface area contributed by atoms with Gasteiger partial charge in [0.2, 0.25) is 0 Å². The number of carbonyl (C=O) groups is 1. The van der Waals surface area contributed by atoms with Crippen LogP contribution < -0.4 is 5.73 Å². The van der Waals surface area contributed by atoms with E-state index in [1.165, 1.54) is 6.42 Å². The third kappa shape index (κ3) is 3.46. The molecular formula is C18H24N2O. The molecule has 2 N–H and O–H groups in total. The predicted molar refractivity (Wildman–Crippen MR) is 86.1 cm³/mol. The van der Waals surface area contributed by atoms with Crippen molar-refractivity contribution in [1.29, 1.82) is 0 Å². The first kappa shape index (κ1) is 15.6. The summed E-state index contributed by atoms with van der Waals surface area (Å²) in [4.78, 5) is 14.8. The van der Waals surface area contributed by atoms with Gasteiger partial charge in [0.25, 0.3) is 5.91 Å². The highest BCUT2D eigenvalue weighted by Gasteiger charge is 2.29. The van der Waals surface area contributed by atoms with Gasteiger partial charge in [0, 0.05) is 23.2 Å². The van der Waals surface area contributed by atoms with Crippen LogP contribution in [0.4, 0.5) is 0 Å². The second kappa shape index (κ2) is 6.78. The van der Waals surface area contributed by atoms with E-state index in [9.17, 15) is 4.79 Å². The van der Waals surface area contributed by atoms with Gasteiger partial charge < -0.3 is 10.6 Å². The van der Waals surface area contributed by atoms with Crippen molar-refractivity contribution in [2.75, 3.05) is 6.54 Å². The Morgan fingerprint density at radius 1 is 1.33 bits per heavy atom. The van der Waals surface area contributed by atoms with Crippen molar-refractivity contribution in [2.24, 2.45) is 5.73 Å². The second-order valence-electron chi connectivity index (χ2n) is 5.88. The SMILES string of the molecule is Cc1cc(C(=O)N2[C@H](C)CCC[C@@H]2C)ccc1C#CCN. The summed E-state index contributed by atoms with van der Waals surface area (Å²) in [5.41, 5.74) is 8.12. The van der Waals surface area contributed by atoms with Gasteiger partial charge >= 0.3 is 0 Å². The first-order valence-corrected chi connectivity index (χ1v) is 7.67. The van der Waals surface area contributed by atoms with E-state index in [-0.39, 0.29) is 5.91 Å². The van der Waals surface area contributed by atoms with E-state index in [1.807, 2.05) is 30.0 Å². The molecule has 1 heterocycles. The number of benzene rings is 1. The van der Waals surface area contributed by atoms with E-state index in [1.54, 1.807) is 0 Å². The quantitative estimate of drug-likeness (QED) is 0.806. The molecule has 2 rings (SSSR count). The van der Waals surface area contributed by atoms with Crippen molar-refractivity contribution in [1.82, 2.24) is 4.90 Å². The first-order valence-electron chi connectivity index (χ1n) is 7.67. The van der Waals surface area contributed by atoms with Crippen LogP contribution in [0.2, 0.25) is 0 Å². The van der Waals surface area contributed by atoms with E-state index in [0.717, 1.165) is 29.5 Å². The van der Waals surface area contributed by atoms with Crippen molar-refractivity contribution >= 4 is 5.91 Å². The van der Waals surface area contributed by atoms with Gasteiger partial charge in [-0.3, -0.25) is 4.79 Å². The van der Waals surface area contributed by atoms with Crippen LogP contribution >= 0.6 is 0 Å². The summed E-state index contributed by atoms with van der Waals surface area (Å²) in [5, 5.41) is 0. The van der Waals surface area contributed by atoms with Crippen LogP contribution in [-0.2, 0) is 0 Å². The Morgan fingerprint density at radius 3 is 2.57 bits per heavy atom. The number of amides is 1. The van der Waals surface area contributed by atoms with E-state index in [0.29, 0.717) is 18.6 Å². The highest BCUT2D eigenvalue weighted by Crippen LogP contribution is 2.25. The lowest BCUT2D eigenvalue weighted by Crippen LogP contribution is -2.47. The van der Waals surface area contributed by atoms with Crippen LogP contribution in [0.5, 0.6) is 0 Å². The summed E-state index contributed by atoms with van der Waals surface area (Å²) in [6.07, 6.45) is 3.39. The van der Waals surface area contributed by atoms with Gasteiger partial charge in [-0.15, -0.1) is 0 Å². The number of hydrogen-bond donors (Lipinski definition) is 1. The Hall–Kier alpha value is -1.79. The first-order chi connectivity index (χ1) is 10.0. The molecule has 1 saturated heterocycles. The van der Waals surface area contributed by atoms with Gasteiger partial charge in [-0.25, -0.2) is 0 Å². The third-order valence-corrected chi connectivity index (χ3v) is 4.23. The predicted octanol–water partition coefficient (Wildman–Crippen LogP) is 2.71. The zero-order valence-corrected chi connectivity index (χ0v) is 13.1. The molecule has 0 aliphatic carbocycles. The summed E-state index contributed by atoms with van der Waals surface area (Å²) < 4.78 is 0. The fourth-order valence-electron chi connectivity index (χ4n) is 3.05. The van der Waals surface area contributed by atoms with E-state index < -0.39 is 0 Å². The molecule has 1 aliphatic rings. The van der Waals surface area contributed by atoms with Crippen molar-refractivity contribution in [3.8, 4) is 11.8 Å². The normalized spacial score (nSPS) is 21.6. The van der Waals surface area contributed by atoms with Gasteiger partial charge in [0.05, 0.1) is 6.54 Å². The summed E-state index contributed by atoms with van der Waals surface area (Å²) in [6.45, 7) is 6.62. The molecule has 1 aromatic rings. The van der Waals surface area contributed by atoms with E-state index in [4.69, 9.17) is 5.73 Å². The number of rotatable bonds is 1. The maximum Gasteiger partial charge on any atom is 0.254 e. The van der Waals surface area contributed by atoms with Crippen LogP contribution in [0.1, 0.15) is 54.6 Å². The number of likely N-dealkylation sites (tertiary alicyclic amines) is 1. The fraction of sp³-hybridized carbons (Fsp3) is 0.500. The smallest absolute Gasteiger partial charge is 0.254 e. The molecule has 2 atom stereocenters. The molecular weight excluding hydrogens is 260 g/mol. The van der Waals surface area contributed by atoms with Crippen LogP contribution in [0.3, 0.4) is 0 Å². The minimum Gasteiger partial charge on any atom is -0.333 e. The van der Waals surface area contributed by atoms with Gasteiger partial charge in [0.1, 0.15) is 0 Å². The van der Waals surface area contributed by atoms with Crippen LogP contribution in [0.25, 0.3) is 0 Å². The fourth-order valence-corrected chi connectivity index (χ4v) is 3.05. The van der Waals surface area contributed by atoms with Crippen LogP contribution in [0, 0.1) is 18.8 Å². The Bertz CT molecular complexity index is 573. The average Bonchev–Trinajstić information content (AvgIpc) is 2.45. The van der Waals surface area contributed by atoms with Gasteiger partial charge in [0.15, 0.2) is 0 Å². The molecule has 0 saturated carbocycles. The lowest BCUT2D eigenvalue weighted by molar-refractivity contribution is 0.0510. The Labute approximate surface area is 127 Å². The Balaban J connectivity index is 2.25. The van der Waals surface area contributed by atoms with Crippen molar-refractivity contribution < 1.29 is 4.79 Å². The molecule has 112 valence electrons. The topological polar surface area (TPSA) is 46.3 Å². The highest BCUT2D eigenvalue weighted by molar-refractivity contribution is 5.95. The van der Waals surface area contributed by atoms with Gasteiger partial charge in [-0.1, -0.05) is 11.8 Å². The van der Waals surface area contributed by atoms with Gasteiger partial charge in [-0.05, 0) is 63.8 Å². The second-order valence-corrected chi connectivity index (χ2v) is 5.88. The molecule has 3 heteroatoms. The number of nitrogens with two attached hydrogens (primary N) is 1. The zero-order valence-electron chi connectivity index (χ0n) is 13.1. The Kier molecular flexibility index (Phi) is 5.03. The van der Waals surface area contributed by atoms with E-state index in [2.05, 4.69) is 25.7 Å². The van der Waals surface area contributed by atoms with Crippen LogP contribution in [0.15, 0.2) is 18.2 Å². The molecule has 21 heavy (non-hydrogen) atoms. The molecule has 0 unspecified atom stereocenters. The van der Waals surface area contributed by atoms with Crippen molar-refractivity contribution in [3.63, 3.8) is 0 Å². The largest absolute Gasteiger partial charge is 0.333 e. The average molecular weight is 284 g/mol. The minimum atomic E-state index is 0.135. The summed E-state index contributed by atoms with van der Waals surface area (Å²) >= 11 is 0. The van der Waals surface area contributed by atoms with Crippen molar-refractivity contribution in [2.45, 2.75) is 52.1 Å². The zero-order chi connectivity index (χ0) is 15.4. The number of aryl methyl sites for hydroxylation is 1. The highest BCUT2D eigenvalue weighted by atomic mass is 16.2. The number of nitrogens with zero attached hydrogens (tertiary/aromatic N) is 1. The number of hydrogen-bond acceptors (Lipinski definition) is 2. The summed E-state index contributed by atoms with van der Waals surface area (Å²) in [6, 6.07) is 6.38. The van der Waals surface area contributed by atoms with Crippen molar-refractivity contribution in [3.05, 3.63) is 34.9 Å². The maximum atomic E-state index is 12.8. The summed E-state index contributed by atoms with van der Waals surface area (Å²) in [5.74, 6) is 6.03. The minimum absolute atomic E-state index is 0.135. The molecule has 0 spiro atoms. The molecule has 0 aromatic heterocycles. The molecule has 0 radical (unpaired) electrons. The monoisotopic (exact) mass is 284 g/mol. The number of carbonyl (C=O) groups excluding carboxylic acids is 1. The standard InChI is InChI=1S/C18H24N2O/c1-13-12-17(10-9-16(13)8-5-11-19)18(21)20-14(2)6-4-7-15(20)3/h9-10,12,14-15H,4,6-7,11,19H2,1-3H3/t14-,15+. The number of piperidine rings is 1. The van der Waals surface area contributed by atoms with E-state index >= 15 is 0 Å². The molecule has 1 aliphatic heterocycles. The Morgan fingerprint density at radius 2 is 2.00 bits per heavy atom. The van der Waals surface area contributed by atoms with Crippen LogP contribution in [-0.4, -0.2) is 29.4 Å². The molecule has 3 nitrogen and oxygen atoms in total. The molecule has 1 fully saturated rings. The van der Waals surface area contributed by atoms with Gasteiger partial charge in [-0.2, -0.15) is 0 Å². The molecule has 1 aromatic carbocycles. The molecule has 0 bridgehead atoms. The lowest BCUT2D eigenvalue weighted by atomic mass is 9.95. The molecule has 1 amide bonds. The maximum absolute atomic E-state index is 12.8. The summed E-state index contributed by atoms with van der Waals surface area (Å²) in [7, 11) is 0.